The number of nitro benzene ring substituents is 1. The summed E-state index contributed by atoms with van der Waals surface area (Å²) in [6.07, 6.45) is 0. The molecule has 0 bridgehead atoms. The van der Waals surface area contributed by atoms with E-state index in [-0.39, 0.29) is 16.9 Å². The van der Waals surface area contributed by atoms with E-state index in [1.807, 2.05) is 6.92 Å². The molecule has 148 valence electrons. The summed E-state index contributed by atoms with van der Waals surface area (Å²) < 4.78 is 15.5. The maximum Gasteiger partial charge on any atom is 0.338 e. The molecule has 9 nitrogen and oxygen atoms in total. The molecule has 2 aromatic rings. The van der Waals surface area contributed by atoms with Crippen molar-refractivity contribution < 1.29 is 28.7 Å². The zero-order valence-electron chi connectivity index (χ0n) is 15.7. The van der Waals surface area contributed by atoms with Crippen molar-refractivity contribution in [1.82, 2.24) is 0 Å². The monoisotopic (exact) mass is 388 g/mol. The lowest BCUT2D eigenvalue weighted by Gasteiger charge is -2.11. The molecule has 0 aliphatic heterocycles. The Balaban J connectivity index is 2.00. The lowest BCUT2D eigenvalue weighted by atomic mass is 10.1. The van der Waals surface area contributed by atoms with Gasteiger partial charge in [0.1, 0.15) is 0 Å². The van der Waals surface area contributed by atoms with Crippen LogP contribution in [-0.2, 0) is 9.53 Å². The SMILES string of the molecule is CCOc1ccc(C(=O)OCC(=O)Nc2cccc([N+](=O)[O-])c2C)cc1OC. The number of hydrogen-bond acceptors (Lipinski definition) is 7. The Morgan fingerprint density at radius 3 is 2.57 bits per heavy atom. The number of carbonyl (C=O) groups is 2. The molecule has 0 heterocycles. The molecule has 0 aliphatic rings. The molecular formula is C19H20N2O7. The standard InChI is InChI=1S/C19H20N2O7/c1-4-27-16-9-8-13(10-17(16)26-3)19(23)28-11-18(22)20-14-6-5-7-15(12(14)2)21(24)25/h5-10H,4,11H2,1-3H3,(H,20,22). The highest BCUT2D eigenvalue weighted by Crippen LogP contribution is 2.28. The summed E-state index contributed by atoms with van der Waals surface area (Å²) in [5.41, 5.74) is 0.664. The molecule has 1 amide bonds. The van der Waals surface area contributed by atoms with Crippen molar-refractivity contribution in [1.29, 1.82) is 0 Å². The van der Waals surface area contributed by atoms with E-state index < -0.39 is 23.4 Å². The first-order chi connectivity index (χ1) is 13.4. The predicted molar refractivity (Wildman–Crippen MR) is 101 cm³/mol. The molecular weight excluding hydrogens is 368 g/mol. The van der Waals surface area contributed by atoms with Crippen LogP contribution >= 0.6 is 0 Å². The average molecular weight is 388 g/mol. The fourth-order valence-corrected chi connectivity index (χ4v) is 2.43. The van der Waals surface area contributed by atoms with E-state index in [0.717, 1.165) is 0 Å². The van der Waals surface area contributed by atoms with E-state index in [4.69, 9.17) is 14.2 Å². The average Bonchev–Trinajstić information content (AvgIpc) is 2.68. The molecule has 0 atom stereocenters. The van der Waals surface area contributed by atoms with Crippen molar-refractivity contribution in [2.24, 2.45) is 0 Å². The van der Waals surface area contributed by atoms with Crippen LogP contribution in [-0.4, -0.2) is 37.1 Å². The van der Waals surface area contributed by atoms with Crippen LogP contribution in [0.4, 0.5) is 11.4 Å². The second kappa shape index (κ2) is 9.36. The smallest absolute Gasteiger partial charge is 0.338 e. The number of amides is 1. The number of ether oxygens (including phenoxy) is 3. The molecule has 2 rings (SSSR count). The predicted octanol–water partition coefficient (Wildman–Crippen LogP) is 3.11. The van der Waals surface area contributed by atoms with Gasteiger partial charge in [0.05, 0.1) is 35.5 Å². The maximum atomic E-state index is 12.2. The Hall–Kier alpha value is -3.62. The Labute approximate surface area is 161 Å². The highest BCUT2D eigenvalue weighted by Gasteiger charge is 2.17. The van der Waals surface area contributed by atoms with Crippen molar-refractivity contribution >= 4 is 23.3 Å². The molecule has 0 aromatic heterocycles. The molecule has 0 saturated carbocycles. The van der Waals surface area contributed by atoms with Crippen molar-refractivity contribution in [2.75, 3.05) is 25.6 Å². The number of esters is 1. The van der Waals surface area contributed by atoms with Gasteiger partial charge < -0.3 is 19.5 Å². The lowest BCUT2D eigenvalue weighted by Crippen LogP contribution is -2.21. The van der Waals surface area contributed by atoms with Crippen LogP contribution < -0.4 is 14.8 Å². The van der Waals surface area contributed by atoms with E-state index in [9.17, 15) is 19.7 Å². The van der Waals surface area contributed by atoms with Crippen molar-refractivity contribution in [2.45, 2.75) is 13.8 Å². The van der Waals surface area contributed by atoms with Gasteiger partial charge in [-0.05, 0) is 38.1 Å². The van der Waals surface area contributed by atoms with E-state index in [0.29, 0.717) is 23.7 Å². The summed E-state index contributed by atoms with van der Waals surface area (Å²) in [6.45, 7) is 3.24. The van der Waals surface area contributed by atoms with Crippen molar-refractivity contribution in [3.8, 4) is 11.5 Å². The lowest BCUT2D eigenvalue weighted by molar-refractivity contribution is -0.385. The molecule has 9 heteroatoms. The first-order valence-corrected chi connectivity index (χ1v) is 8.39. The number of anilines is 1. The van der Waals surface area contributed by atoms with Gasteiger partial charge in [-0.25, -0.2) is 4.79 Å². The van der Waals surface area contributed by atoms with E-state index in [1.165, 1.54) is 44.4 Å². The third-order valence-electron chi connectivity index (χ3n) is 3.81. The zero-order valence-corrected chi connectivity index (χ0v) is 15.7. The Bertz CT molecular complexity index is 896. The number of rotatable bonds is 8. The van der Waals surface area contributed by atoms with Crippen LogP contribution in [0, 0.1) is 17.0 Å². The van der Waals surface area contributed by atoms with Crippen molar-refractivity contribution in [3.05, 3.63) is 57.6 Å². The molecule has 0 aliphatic carbocycles. The third kappa shape index (κ3) is 4.97. The number of nitrogens with zero attached hydrogens (tertiary/aromatic N) is 1. The molecule has 0 fully saturated rings. The molecule has 0 saturated heterocycles. The minimum Gasteiger partial charge on any atom is -0.493 e. The van der Waals surface area contributed by atoms with Crippen LogP contribution in [0.5, 0.6) is 11.5 Å². The number of nitrogens with one attached hydrogen (secondary N) is 1. The van der Waals surface area contributed by atoms with Gasteiger partial charge in [0.15, 0.2) is 18.1 Å². The number of carbonyl (C=O) groups excluding carboxylic acids is 2. The van der Waals surface area contributed by atoms with Gasteiger partial charge in [0.2, 0.25) is 0 Å². The Morgan fingerprint density at radius 2 is 1.93 bits per heavy atom. The second-order valence-corrected chi connectivity index (χ2v) is 5.63. The summed E-state index contributed by atoms with van der Waals surface area (Å²) in [6, 6.07) is 8.85. The fraction of sp³-hybridized carbons (Fsp3) is 0.263. The summed E-state index contributed by atoms with van der Waals surface area (Å²) in [5, 5.41) is 13.4. The highest BCUT2D eigenvalue weighted by atomic mass is 16.6. The van der Waals surface area contributed by atoms with Crippen LogP contribution in [0.3, 0.4) is 0 Å². The number of benzene rings is 2. The van der Waals surface area contributed by atoms with Gasteiger partial charge in [-0.2, -0.15) is 0 Å². The summed E-state index contributed by atoms with van der Waals surface area (Å²) >= 11 is 0. The van der Waals surface area contributed by atoms with Gasteiger partial charge in [-0.1, -0.05) is 6.07 Å². The molecule has 28 heavy (non-hydrogen) atoms. The summed E-state index contributed by atoms with van der Waals surface area (Å²) in [4.78, 5) is 34.6. The Morgan fingerprint density at radius 1 is 1.18 bits per heavy atom. The van der Waals surface area contributed by atoms with Gasteiger partial charge in [-0.15, -0.1) is 0 Å². The number of hydrogen-bond donors (Lipinski definition) is 1. The van der Waals surface area contributed by atoms with Gasteiger partial charge in [0.25, 0.3) is 11.6 Å². The highest BCUT2D eigenvalue weighted by molar-refractivity contribution is 5.96. The van der Waals surface area contributed by atoms with Crippen molar-refractivity contribution in [3.63, 3.8) is 0 Å². The van der Waals surface area contributed by atoms with E-state index >= 15 is 0 Å². The van der Waals surface area contributed by atoms with Crippen LogP contribution in [0.25, 0.3) is 0 Å². The Kier molecular flexibility index (Phi) is 6.91. The van der Waals surface area contributed by atoms with Gasteiger partial charge in [-0.3, -0.25) is 14.9 Å². The zero-order chi connectivity index (χ0) is 20.7. The normalized spacial score (nSPS) is 10.1. The third-order valence-corrected chi connectivity index (χ3v) is 3.81. The maximum absolute atomic E-state index is 12.2. The quantitative estimate of drug-likeness (QED) is 0.419. The molecule has 1 N–H and O–H groups in total. The summed E-state index contributed by atoms with van der Waals surface area (Å²) in [7, 11) is 1.45. The summed E-state index contributed by atoms with van der Waals surface area (Å²) in [5.74, 6) is -0.476. The minimum absolute atomic E-state index is 0.115. The van der Waals surface area contributed by atoms with E-state index in [1.54, 1.807) is 6.07 Å². The van der Waals surface area contributed by atoms with E-state index in [2.05, 4.69) is 5.32 Å². The first-order valence-electron chi connectivity index (χ1n) is 8.39. The largest absolute Gasteiger partial charge is 0.493 e. The fourth-order valence-electron chi connectivity index (χ4n) is 2.43. The minimum atomic E-state index is -0.715. The first kappa shape index (κ1) is 20.7. The molecule has 0 unspecified atom stereocenters. The second-order valence-electron chi connectivity index (χ2n) is 5.63. The number of methoxy groups -OCH3 is 1. The topological polar surface area (TPSA) is 117 Å². The molecule has 2 aromatic carbocycles. The van der Waals surface area contributed by atoms with Gasteiger partial charge >= 0.3 is 5.97 Å². The molecule has 0 spiro atoms. The molecule has 0 radical (unpaired) electrons. The van der Waals surface area contributed by atoms with Crippen LogP contribution in [0.2, 0.25) is 0 Å². The van der Waals surface area contributed by atoms with Crippen LogP contribution in [0.1, 0.15) is 22.8 Å². The van der Waals surface area contributed by atoms with Crippen LogP contribution in [0.15, 0.2) is 36.4 Å². The van der Waals surface area contributed by atoms with Gasteiger partial charge in [0, 0.05) is 6.07 Å². The number of nitro groups is 1.